The van der Waals surface area contributed by atoms with Crippen LogP contribution < -0.4 is 4.74 Å². The van der Waals surface area contributed by atoms with Gasteiger partial charge in [0, 0.05) is 11.1 Å². The number of aliphatic hydroxyl groups is 6. The highest BCUT2D eigenvalue weighted by atomic mass is 16.5. The smallest absolute Gasteiger partial charge is 0.339 e. The molecule has 2 aromatic carbocycles. The molecule has 0 radical (unpaired) electrons. The van der Waals surface area contributed by atoms with Gasteiger partial charge in [0.15, 0.2) is 0 Å². The number of hydrogen-bond donors (Lipinski definition) is 7. The van der Waals surface area contributed by atoms with E-state index in [0.717, 1.165) is 0 Å². The lowest BCUT2D eigenvalue weighted by atomic mass is 9.82. The number of hydrogen-bond acceptors (Lipinski definition) is 12. The van der Waals surface area contributed by atoms with E-state index in [4.69, 9.17) is 14.6 Å². The van der Waals surface area contributed by atoms with Crippen LogP contribution in [0.15, 0.2) is 30.3 Å². The number of aryl methyl sites for hydroxylation is 1. The number of ketones is 2. The Morgan fingerprint density at radius 2 is 1.59 bits per heavy atom. The average molecular weight is 518 g/mol. The zero-order chi connectivity index (χ0) is 27.6. The number of phenolic OH excluding ortho intramolecular Hbond substituents is 1. The van der Waals surface area contributed by atoms with Gasteiger partial charge in [-0.25, -0.2) is 4.79 Å². The van der Waals surface area contributed by atoms with Gasteiger partial charge in [0.05, 0.1) is 30.4 Å². The summed E-state index contributed by atoms with van der Waals surface area (Å²) in [6.45, 7) is -0.188. The number of esters is 1. The lowest BCUT2D eigenvalue weighted by Crippen LogP contribution is -2.47. The molecule has 2 aromatic rings. The molecule has 0 saturated heterocycles. The fourth-order valence-electron chi connectivity index (χ4n) is 3.91. The Kier molecular flexibility index (Phi) is 8.31. The van der Waals surface area contributed by atoms with Crippen LogP contribution in [0, 0.1) is 6.92 Å². The third-order valence-corrected chi connectivity index (χ3v) is 5.84. The highest BCUT2D eigenvalue weighted by Gasteiger charge is 2.39. The molecule has 0 saturated carbocycles. The standard InChI is InChI=1S/C25H26O12/c1-10-6-12(25(35)37-9-15(29)22(32)21(31)14(28)8-26)18(16(7-10)36-2)19-20(30)11-4-3-5-13(27)17(11)23(33)24(19)34/h3-7,14-15,21-22,26-32H,8-9H2,1-2H3/t14-,15+,21-,22-/m1/s1. The van der Waals surface area contributed by atoms with Crippen molar-refractivity contribution in [3.05, 3.63) is 58.1 Å². The number of phenols is 1. The number of carbonyl (C=O) groups is 3. The van der Waals surface area contributed by atoms with Gasteiger partial charge in [0.25, 0.3) is 0 Å². The van der Waals surface area contributed by atoms with Crippen LogP contribution >= 0.6 is 0 Å². The number of rotatable bonds is 9. The lowest BCUT2D eigenvalue weighted by Gasteiger charge is -2.25. The minimum absolute atomic E-state index is 0.0691. The molecule has 12 nitrogen and oxygen atoms in total. The molecule has 3 rings (SSSR count). The summed E-state index contributed by atoms with van der Waals surface area (Å²) in [6.07, 6.45) is -7.58. The Balaban J connectivity index is 2.06. The first-order valence-corrected chi connectivity index (χ1v) is 11.0. The second-order valence-corrected chi connectivity index (χ2v) is 8.37. The van der Waals surface area contributed by atoms with Gasteiger partial charge in [0.2, 0.25) is 11.6 Å². The predicted molar refractivity (Wildman–Crippen MR) is 126 cm³/mol. The third-order valence-electron chi connectivity index (χ3n) is 5.84. The van der Waals surface area contributed by atoms with Gasteiger partial charge >= 0.3 is 5.97 Å². The lowest BCUT2D eigenvalue weighted by molar-refractivity contribution is -0.124. The van der Waals surface area contributed by atoms with Crippen LogP contribution in [-0.4, -0.2) is 98.0 Å². The van der Waals surface area contributed by atoms with E-state index in [2.05, 4.69) is 0 Å². The zero-order valence-electron chi connectivity index (χ0n) is 19.8. The summed E-state index contributed by atoms with van der Waals surface area (Å²) < 4.78 is 10.4. The van der Waals surface area contributed by atoms with Crippen LogP contribution in [-0.2, 0) is 9.53 Å². The van der Waals surface area contributed by atoms with Crippen molar-refractivity contribution in [2.45, 2.75) is 31.3 Å². The molecule has 0 aliphatic heterocycles. The minimum atomic E-state index is -1.99. The molecular weight excluding hydrogens is 492 g/mol. The van der Waals surface area contributed by atoms with Gasteiger partial charge < -0.3 is 45.2 Å². The fourth-order valence-corrected chi connectivity index (χ4v) is 3.91. The van der Waals surface area contributed by atoms with Gasteiger partial charge in [-0.15, -0.1) is 0 Å². The van der Waals surface area contributed by atoms with Crippen molar-refractivity contribution < 1.29 is 59.6 Å². The Labute approximate surface area is 210 Å². The molecule has 0 amide bonds. The van der Waals surface area contributed by atoms with Gasteiger partial charge in [0.1, 0.15) is 48.3 Å². The van der Waals surface area contributed by atoms with Gasteiger partial charge in [-0.2, -0.15) is 0 Å². The Bertz CT molecular complexity index is 1260. The summed E-state index contributed by atoms with van der Waals surface area (Å²) in [5.74, 6) is -4.78. The normalized spacial score (nSPS) is 16.6. The molecule has 0 unspecified atom stereocenters. The van der Waals surface area contributed by atoms with Gasteiger partial charge in [-0.05, 0) is 30.7 Å². The molecule has 0 bridgehead atoms. The number of carbonyl (C=O) groups excluding carboxylic acids is 3. The second kappa shape index (κ2) is 11.1. The number of allylic oxidation sites excluding steroid dienone is 1. The highest BCUT2D eigenvalue weighted by Crippen LogP contribution is 2.41. The molecular formula is C25H26O12. The van der Waals surface area contributed by atoms with Crippen molar-refractivity contribution in [2.75, 3.05) is 20.3 Å². The van der Waals surface area contributed by atoms with Crippen molar-refractivity contribution in [3.8, 4) is 11.5 Å². The number of Topliss-reactive ketones (excluding diaryl/α,β-unsaturated/α-hetero) is 2. The Hall–Kier alpha value is -3.81. The molecule has 0 aromatic heterocycles. The monoisotopic (exact) mass is 518 g/mol. The molecule has 12 heteroatoms. The second-order valence-electron chi connectivity index (χ2n) is 8.37. The Morgan fingerprint density at radius 1 is 0.946 bits per heavy atom. The van der Waals surface area contributed by atoms with E-state index in [9.17, 15) is 45.0 Å². The molecule has 7 N–H and O–H groups in total. The van der Waals surface area contributed by atoms with Gasteiger partial charge in [-0.3, -0.25) is 9.59 Å². The van der Waals surface area contributed by atoms with Crippen molar-refractivity contribution >= 4 is 28.9 Å². The number of ether oxygens (including phenoxy) is 2. The fraction of sp³-hybridized carbons (Fsp3) is 0.320. The maximum Gasteiger partial charge on any atom is 0.339 e. The van der Waals surface area contributed by atoms with E-state index in [1.165, 1.54) is 37.4 Å². The van der Waals surface area contributed by atoms with Crippen molar-refractivity contribution in [2.24, 2.45) is 0 Å². The van der Waals surface area contributed by atoms with Crippen LogP contribution in [0.4, 0.5) is 0 Å². The summed E-state index contributed by atoms with van der Waals surface area (Å²) in [5, 5.41) is 69.1. The molecule has 198 valence electrons. The van der Waals surface area contributed by atoms with E-state index in [1.54, 1.807) is 6.92 Å². The molecule has 0 spiro atoms. The molecule has 1 aliphatic rings. The molecule has 0 heterocycles. The van der Waals surface area contributed by atoms with Gasteiger partial charge in [-0.1, -0.05) is 12.1 Å². The summed E-state index contributed by atoms with van der Waals surface area (Å²) >= 11 is 0. The maximum atomic E-state index is 13.1. The SMILES string of the molecule is COc1cc(C)cc(C(=O)OC[C@H](O)[C@@H](O)[C@H](O)[C@H](O)CO)c1C1=C(O)c2cccc(O)c2C(=O)C1=O. The number of benzene rings is 2. The molecule has 37 heavy (non-hydrogen) atoms. The van der Waals surface area contributed by atoms with Crippen molar-refractivity contribution in [1.29, 1.82) is 0 Å². The number of aliphatic hydroxyl groups excluding tert-OH is 6. The summed E-state index contributed by atoms with van der Waals surface area (Å²) in [7, 11) is 1.23. The largest absolute Gasteiger partial charge is 0.507 e. The summed E-state index contributed by atoms with van der Waals surface area (Å²) in [6, 6.07) is 6.54. The average Bonchev–Trinajstić information content (AvgIpc) is 2.89. The first-order valence-electron chi connectivity index (χ1n) is 11.0. The minimum Gasteiger partial charge on any atom is -0.507 e. The topological polar surface area (TPSA) is 211 Å². The number of fused-ring (bicyclic) bond motifs is 1. The van der Waals surface area contributed by atoms with Crippen molar-refractivity contribution in [3.63, 3.8) is 0 Å². The maximum absolute atomic E-state index is 13.1. The summed E-state index contributed by atoms with van der Waals surface area (Å²) in [5.41, 5.74) is -1.27. The molecule has 4 atom stereocenters. The van der Waals surface area contributed by atoms with Crippen LogP contribution in [0.2, 0.25) is 0 Å². The van der Waals surface area contributed by atoms with E-state index < -0.39 is 77.8 Å². The van der Waals surface area contributed by atoms with E-state index in [0.29, 0.717) is 5.56 Å². The first-order chi connectivity index (χ1) is 17.4. The van der Waals surface area contributed by atoms with Crippen LogP contribution in [0.1, 0.15) is 37.4 Å². The van der Waals surface area contributed by atoms with Crippen LogP contribution in [0.3, 0.4) is 0 Å². The number of methoxy groups -OCH3 is 1. The number of aromatic hydroxyl groups is 1. The van der Waals surface area contributed by atoms with E-state index in [-0.39, 0.29) is 22.4 Å². The zero-order valence-corrected chi connectivity index (χ0v) is 19.8. The Morgan fingerprint density at radius 3 is 2.22 bits per heavy atom. The van der Waals surface area contributed by atoms with E-state index in [1.807, 2.05) is 0 Å². The quantitative estimate of drug-likeness (QED) is 0.165. The van der Waals surface area contributed by atoms with Crippen LogP contribution in [0.25, 0.3) is 11.3 Å². The molecule has 0 fully saturated rings. The molecule has 1 aliphatic carbocycles. The summed E-state index contributed by atoms with van der Waals surface area (Å²) in [4.78, 5) is 38.9. The van der Waals surface area contributed by atoms with Crippen molar-refractivity contribution in [1.82, 2.24) is 0 Å². The van der Waals surface area contributed by atoms with Crippen LogP contribution in [0.5, 0.6) is 11.5 Å². The first kappa shape index (κ1) is 27.8. The third kappa shape index (κ3) is 5.19. The van der Waals surface area contributed by atoms with E-state index >= 15 is 0 Å². The predicted octanol–water partition coefficient (Wildman–Crippen LogP) is -0.506. The highest BCUT2D eigenvalue weighted by molar-refractivity contribution is 6.62.